The molecule has 0 bridgehead atoms. The molecule has 0 radical (unpaired) electrons. The molecule has 0 aliphatic rings. The van der Waals surface area contributed by atoms with Crippen molar-refractivity contribution in [3.63, 3.8) is 0 Å². The molecule has 1 rings (SSSR count). The molecule has 5 heteroatoms. The molecule has 0 unspecified atom stereocenters. The molecule has 0 saturated carbocycles. The minimum absolute atomic E-state index is 0.0459. The third-order valence-electron chi connectivity index (χ3n) is 3.09. The highest BCUT2D eigenvalue weighted by molar-refractivity contribution is 5.52. The van der Waals surface area contributed by atoms with Gasteiger partial charge in [-0.3, -0.25) is 0 Å². The van der Waals surface area contributed by atoms with Crippen LogP contribution in [0.15, 0.2) is 6.07 Å². The van der Waals surface area contributed by atoms with E-state index in [1.165, 1.54) is 0 Å². The fourth-order valence-electron chi connectivity index (χ4n) is 1.54. The van der Waals surface area contributed by atoms with Gasteiger partial charge < -0.3 is 16.4 Å². The molecular formula is C12H23N5. The smallest absolute Gasteiger partial charge is 0.223 e. The molecule has 0 aliphatic carbocycles. The number of anilines is 3. The maximum atomic E-state index is 5.69. The predicted molar refractivity (Wildman–Crippen MR) is 73.2 cm³/mol. The lowest BCUT2D eigenvalue weighted by Crippen LogP contribution is -2.33. The summed E-state index contributed by atoms with van der Waals surface area (Å²) in [5.74, 6) is 1.83. The zero-order valence-electron chi connectivity index (χ0n) is 11.2. The molecule has 1 heterocycles. The van der Waals surface area contributed by atoms with E-state index in [0.717, 1.165) is 31.0 Å². The number of nitrogens with two attached hydrogens (primary N) is 1. The lowest BCUT2D eigenvalue weighted by atomic mass is 9.96. The normalized spacial score (nSPS) is 11.3. The zero-order valence-corrected chi connectivity index (χ0v) is 11.2. The van der Waals surface area contributed by atoms with Gasteiger partial charge in [-0.15, -0.1) is 0 Å². The Morgan fingerprint density at radius 3 is 2.29 bits per heavy atom. The second-order valence-electron chi connectivity index (χ2n) is 4.42. The van der Waals surface area contributed by atoms with Crippen molar-refractivity contribution in [2.75, 3.05) is 22.9 Å². The number of nitrogens with one attached hydrogen (secondary N) is 2. The summed E-state index contributed by atoms with van der Waals surface area (Å²) in [5, 5.41) is 6.56. The molecule has 5 nitrogen and oxygen atoms in total. The van der Waals surface area contributed by atoms with Gasteiger partial charge in [0.05, 0.1) is 0 Å². The highest BCUT2D eigenvalue weighted by atomic mass is 15.1. The maximum Gasteiger partial charge on any atom is 0.223 e. The Morgan fingerprint density at radius 2 is 1.76 bits per heavy atom. The van der Waals surface area contributed by atoms with Crippen molar-refractivity contribution in [3.8, 4) is 0 Å². The summed E-state index contributed by atoms with van der Waals surface area (Å²) < 4.78 is 0. The highest BCUT2D eigenvalue weighted by Crippen LogP contribution is 2.22. The first-order valence-corrected chi connectivity index (χ1v) is 6.19. The van der Waals surface area contributed by atoms with Gasteiger partial charge in [0.15, 0.2) is 0 Å². The molecule has 96 valence electrons. The summed E-state index contributed by atoms with van der Waals surface area (Å²) in [6.45, 7) is 9.33. The minimum atomic E-state index is 0.0459. The third-order valence-corrected chi connectivity index (χ3v) is 3.09. The van der Waals surface area contributed by atoms with Gasteiger partial charge in [0, 0.05) is 18.2 Å². The van der Waals surface area contributed by atoms with Gasteiger partial charge in [0.2, 0.25) is 5.95 Å². The predicted octanol–water partition coefficient (Wildman–Crippen LogP) is 2.48. The van der Waals surface area contributed by atoms with Crippen LogP contribution < -0.4 is 16.4 Å². The van der Waals surface area contributed by atoms with Crippen molar-refractivity contribution in [1.29, 1.82) is 0 Å². The largest absolute Gasteiger partial charge is 0.370 e. The third kappa shape index (κ3) is 3.76. The Kier molecular flexibility index (Phi) is 4.54. The molecule has 1 aromatic heterocycles. The van der Waals surface area contributed by atoms with Crippen LogP contribution in [0.4, 0.5) is 17.6 Å². The topological polar surface area (TPSA) is 75.9 Å². The fraction of sp³-hybridized carbons (Fsp3) is 0.667. The minimum Gasteiger partial charge on any atom is -0.370 e. The van der Waals surface area contributed by atoms with E-state index in [0.29, 0.717) is 5.95 Å². The summed E-state index contributed by atoms with van der Waals surface area (Å²) in [6.07, 6.45) is 2.06. The van der Waals surface area contributed by atoms with E-state index in [1.54, 1.807) is 0 Å². The summed E-state index contributed by atoms with van der Waals surface area (Å²) in [6, 6.07) is 1.89. The molecule has 0 fully saturated rings. The first-order valence-electron chi connectivity index (χ1n) is 6.19. The molecule has 0 aromatic carbocycles. The van der Waals surface area contributed by atoms with Crippen LogP contribution in [0.3, 0.4) is 0 Å². The van der Waals surface area contributed by atoms with Crippen LogP contribution in [0.5, 0.6) is 0 Å². The molecule has 1 aromatic rings. The number of nitrogens with zero attached hydrogens (tertiary/aromatic N) is 2. The SMILES string of the molecule is CCNc1cc(NC(C)(CC)CC)nc(N)n1. The van der Waals surface area contributed by atoms with Crippen molar-refractivity contribution in [2.45, 2.75) is 46.1 Å². The van der Waals surface area contributed by atoms with E-state index in [4.69, 9.17) is 5.73 Å². The van der Waals surface area contributed by atoms with E-state index in [1.807, 2.05) is 13.0 Å². The van der Waals surface area contributed by atoms with Crippen molar-refractivity contribution >= 4 is 17.6 Å². The zero-order chi connectivity index (χ0) is 12.9. The van der Waals surface area contributed by atoms with E-state index in [9.17, 15) is 0 Å². The molecule has 0 amide bonds. The standard InChI is InChI=1S/C12H23N5/c1-5-12(4,6-2)17-10-8-9(14-7-3)15-11(13)16-10/h8H,5-7H2,1-4H3,(H4,13,14,15,16,17). The Hall–Kier alpha value is -1.52. The molecule has 0 aliphatic heterocycles. The molecule has 0 atom stereocenters. The first kappa shape index (κ1) is 13.5. The molecule has 0 saturated heterocycles. The Bertz CT molecular complexity index is 360. The number of nitrogen functional groups attached to an aromatic ring is 1. The monoisotopic (exact) mass is 237 g/mol. The summed E-state index contributed by atoms with van der Waals surface area (Å²) >= 11 is 0. The summed E-state index contributed by atoms with van der Waals surface area (Å²) in [7, 11) is 0. The van der Waals surface area contributed by atoms with E-state index >= 15 is 0 Å². The number of rotatable bonds is 6. The Morgan fingerprint density at radius 1 is 1.18 bits per heavy atom. The molecule has 17 heavy (non-hydrogen) atoms. The number of hydrogen-bond donors (Lipinski definition) is 3. The maximum absolute atomic E-state index is 5.69. The molecule has 4 N–H and O–H groups in total. The van der Waals surface area contributed by atoms with Crippen LogP contribution in [0.25, 0.3) is 0 Å². The van der Waals surface area contributed by atoms with Crippen LogP contribution in [-0.2, 0) is 0 Å². The average Bonchev–Trinajstić information content (AvgIpc) is 2.28. The summed E-state index contributed by atoms with van der Waals surface area (Å²) in [5.41, 5.74) is 5.74. The number of aromatic nitrogens is 2. The Labute approximate surface area is 103 Å². The highest BCUT2D eigenvalue weighted by Gasteiger charge is 2.19. The van der Waals surface area contributed by atoms with Gasteiger partial charge in [-0.05, 0) is 26.7 Å². The second kappa shape index (κ2) is 5.70. The Balaban J connectivity index is 2.90. The van der Waals surface area contributed by atoms with Gasteiger partial charge in [-0.1, -0.05) is 13.8 Å². The first-order chi connectivity index (χ1) is 8.03. The molecule has 0 spiro atoms. The fourth-order valence-corrected chi connectivity index (χ4v) is 1.54. The van der Waals surface area contributed by atoms with Crippen LogP contribution in [0.2, 0.25) is 0 Å². The van der Waals surface area contributed by atoms with Crippen molar-refractivity contribution in [1.82, 2.24) is 9.97 Å². The van der Waals surface area contributed by atoms with Gasteiger partial charge in [-0.25, -0.2) is 0 Å². The van der Waals surface area contributed by atoms with Crippen LogP contribution in [-0.4, -0.2) is 22.1 Å². The average molecular weight is 237 g/mol. The molecular weight excluding hydrogens is 214 g/mol. The van der Waals surface area contributed by atoms with Crippen molar-refractivity contribution < 1.29 is 0 Å². The van der Waals surface area contributed by atoms with Crippen LogP contribution in [0.1, 0.15) is 40.5 Å². The lowest BCUT2D eigenvalue weighted by molar-refractivity contribution is 0.477. The van der Waals surface area contributed by atoms with Gasteiger partial charge in [0.25, 0.3) is 0 Å². The van der Waals surface area contributed by atoms with E-state index in [2.05, 4.69) is 41.4 Å². The van der Waals surface area contributed by atoms with E-state index in [-0.39, 0.29) is 5.54 Å². The summed E-state index contributed by atoms with van der Waals surface area (Å²) in [4.78, 5) is 8.33. The quantitative estimate of drug-likeness (QED) is 0.708. The number of hydrogen-bond acceptors (Lipinski definition) is 5. The van der Waals surface area contributed by atoms with Gasteiger partial charge in [0.1, 0.15) is 11.6 Å². The van der Waals surface area contributed by atoms with Crippen LogP contribution >= 0.6 is 0 Å². The second-order valence-corrected chi connectivity index (χ2v) is 4.42. The lowest BCUT2D eigenvalue weighted by Gasteiger charge is -2.29. The van der Waals surface area contributed by atoms with Crippen molar-refractivity contribution in [3.05, 3.63) is 6.07 Å². The van der Waals surface area contributed by atoms with Crippen molar-refractivity contribution in [2.24, 2.45) is 0 Å². The van der Waals surface area contributed by atoms with Crippen LogP contribution in [0, 0.1) is 0 Å². The van der Waals surface area contributed by atoms with E-state index < -0.39 is 0 Å². The van der Waals surface area contributed by atoms with Gasteiger partial charge in [-0.2, -0.15) is 9.97 Å². The van der Waals surface area contributed by atoms with Gasteiger partial charge >= 0.3 is 0 Å².